The monoisotopic (exact) mass is 279 g/mol. The number of hydrogen-bond donors (Lipinski definition) is 1. The van der Waals surface area contributed by atoms with Crippen molar-refractivity contribution in [3.05, 3.63) is 30.1 Å². The molecule has 0 amide bonds. The normalized spacial score (nSPS) is 25.4. The fourth-order valence-electron chi connectivity index (χ4n) is 3.12. The van der Waals surface area contributed by atoms with E-state index in [2.05, 4.69) is 26.1 Å². The molecule has 0 radical (unpaired) electrons. The molecule has 112 valence electrons. The molecule has 1 aliphatic rings. The van der Waals surface area contributed by atoms with Crippen LogP contribution in [0.4, 0.5) is 4.39 Å². The van der Waals surface area contributed by atoms with E-state index < -0.39 is 0 Å². The molecule has 0 saturated heterocycles. The predicted molar refractivity (Wildman–Crippen MR) is 80.5 cm³/mol. The summed E-state index contributed by atoms with van der Waals surface area (Å²) < 4.78 is 19.8. The van der Waals surface area contributed by atoms with Gasteiger partial charge in [-0.3, -0.25) is 0 Å². The van der Waals surface area contributed by atoms with Gasteiger partial charge in [0.25, 0.3) is 0 Å². The van der Waals surface area contributed by atoms with Crippen LogP contribution in [-0.2, 0) is 0 Å². The van der Waals surface area contributed by atoms with Gasteiger partial charge in [-0.15, -0.1) is 0 Å². The molecule has 1 aliphatic carbocycles. The van der Waals surface area contributed by atoms with Crippen LogP contribution in [0.15, 0.2) is 24.3 Å². The average molecular weight is 279 g/mol. The summed E-state index contributed by atoms with van der Waals surface area (Å²) in [6, 6.07) is 6.96. The molecule has 1 aromatic carbocycles. The zero-order valence-electron chi connectivity index (χ0n) is 12.8. The molecule has 3 heteroatoms. The first-order chi connectivity index (χ1) is 9.54. The SMILES string of the molecule is CCCNC1C(Oc2ccccc2F)CCCC1(C)C. The Morgan fingerprint density at radius 2 is 2.10 bits per heavy atom. The van der Waals surface area contributed by atoms with Gasteiger partial charge < -0.3 is 10.1 Å². The van der Waals surface area contributed by atoms with Gasteiger partial charge in [-0.1, -0.05) is 32.9 Å². The molecule has 20 heavy (non-hydrogen) atoms. The Hall–Kier alpha value is -1.09. The maximum Gasteiger partial charge on any atom is 0.165 e. The summed E-state index contributed by atoms with van der Waals surface area (Å²) in [6.07, 6.45) is 4.45. The molecule has 0 bridgehead atoms. The number of para-hydroxylation sites is 1. The van der Waals surface area contributed by atoms with Crippen LogP contribution >= 0.6 is 0 Å². The minimum Gasteiger partial charge on any atom is -0.486 e. The molecular weight excluding hydrogens is 253 g/mol. The predicted octanol–water partition coefficient (Wildman–Crippen LogP) is 4.15. The largest absolute Gasteiger partial charge is 0.486 e. The lowest BCUT2D eigenvalue weighted by Crippen LogP contribution is -2.54. The van der Waals surface area contributed by atoms with Gasteiger partial charge in [0.15, 0.2) is 11.6 Å². The van der Waals surface area contributed by atoms with E-state index in [0.29, 0.717) is 5.75 Å². The second-order valence-electron chi connectivity index (χ2n) is 6.40. The molecular formula is C17H26FNO. The first-order valence-corrected chi connectivity index (χ1v) is 7.69. The number of hydrogen-bond acceptors (Lipinski definition) is 2. The van der Waals surface area contributed by atoms with Crippen LogP contribution in [0.25, 0.3) is 0 Å². The highest BCUT2D eigenvalue weighted by Gasteiger charge is 2.40. The van der Waals surface area contributed by atoms with Crippen LogP contribution in [0.3, 0.4) is 0 Å². The molecule has 1 aromatic rings. The van der Waals surface area contributed by atoms with Crippen LogP contribution in [0.5, 0.6) is 5.75 Å². The first-order valence-electron chi connectivity index (χ1n) is 7.69. The summed E-state index contributed by atoms with van der Waals surface area (Å²) in [5.41, 5.74) is 0.184. The molecule has 1 fully saturated rings. The van der Waals surface area contributed by atoms with Gasteiger partial charge >= 0.3 is 0 Å². The Kier molecular flexibility index (Phi) is 5.03. The highest BCUT2D eigenvalue weighted by Crippen LogP contribution is 2.37. The quantitative estimate of drug-likeness (QED) is 0.874. The second kappa shape index (κ2) is 6.57. The third-order valence-electron chi connectivity index (χ3n) is 4.25. The molecule has 1 N–H and O–H groups in total. The Balaban J connectivity index is 2.13. The van der Waals surface area contributed by atoms with Gasteiger partial charge in [0.1, 0.15) is 6.10 Å². The molecule has 0 heterocycles. The number of halogens is 1. The van der Waals surface area contributed by atoms with E-state index in [1.54, 1.807) is 12.1 Å². The smallest absolute Gasteiger partial charge is 0.165 e. The number of rotatable bonds is 5. The van der Waals surface area contributed by atoms with Crippen LogP contribution in [0, 0.1) is 11.2 Å². The van der Waals surface area contributed by atoms with E-state index in [1.807, 2.05) is 6.07 Å². The number of benzene rings is 1. The third kappa shape index (κ3) is 3.51. The maximum absolute atomic E-state index is 13.8. The minimum atomic E-state index is -0.273. The van der Waals surface area contributed by atoms with Crippen molar-refractivity contribution < 1.29 is 9.13 Å². The molecule has 1 saturated carbocycles. The van der Waals surface area contributed by atoms with E-state index in [1.165, 1.54) is 12.5 Å². The zero-order valence-corrected chi connectivity index (χ0v) is 12.8. The molecule has 0 spiro atoms. The zero-order chi connectivity index (χ0) is 14.6. The fourth-order valence-corrected chi connectivity index (χ4v) is 3.12. The van der Waals surface area contributed by atoms with E-state index in [9.17, 15) is 4.39 Å². The average Bonchev–Trinajstić information content (AvgIpc) is 2.40. The van der Waals surface area contributed by atoms with Crippen molar-refractivity contribution >= 4 is 0 Å². The summed E-state index contributed by atoms with van der Waals surface area (Å²) in [5, 5.41) is 3.60. The van der Waals surface area contributed by atoms with Gasteiger partial charge in [0, 0.05) is 6.04 Å². The van der Waals surface area contributed by atoms with Gasteiger partial charge in [0.05, 0.1) is 0 Å². The fraction of sp³-hybridized carbons (Fsp3) is 0.647. The Bertz CT molecular complexity index is 433. The molecule has 2 atom stereocenters. The molecule has 2 unspecified atom stereocenters. The summed E-state index contributed by atoms with van der Waals surface area (Å²) in [6.45, 7) is 7.69. The summed E-state index contributed by atoms with van der Waals surface area (Å²) in [4.78, 5) is 0. The van der Waals surface area contributed by atoms with Crippen LogP contribution < -0.4 is 10.1 Å². The highest BCUT2D eigenvalue weighted by atomic mass is 19.1. The van der Waals surface area contributed by atoms with Crippen molar-refractivity contribution in [1.82, 2.24) is 5.32 Å². The van der Waals surface area contributed by atoms with Gasteiger partial charge in [-0.25, -0.2) is 4.39 Å². The molecule has 0 aliphatic heterocycles. The molecule has 2 nitrogen and oxygen atoms in total. The molecule has 0 aromatic heterocycles. The van der Waals surface area contributed by atoms with Crippen LogP contribution in [0.2, 0.25) is 0 Å². The lowest BCUT2D eigenvalue weighted by molar-refractivity contribution is 0.0341. The van der Waals surface area contributed by atoms with Crippen LogP contribution in [0.1, 0.15) is 46.5 Å². The van der Waals surface area contributed by atoms with Crippen molar-refractivity contribution in [2.24, 2.45) is 5.41 Å². The molecule has 2 rings (SSSR count). The summed E-state index contributed by atoms with van der Waals surface area (Å²) >= 11 is 0. The van der Waals surface area contributed by atoms with E-state index in [4.69, 9.17) is 4.74 Å². The van der Waals surface area contributed by atoms with Crippen LogP contribution in [-0.4, -0.2) is 18.7 Å². The van der Waals surface area contributed by atoms with Crippen molar-refractivity contribution in [1.29, 1.82) is 0 Å². The number of nitrogens with one attached hydrogen (secondary N) is 1. The Morgan fingerprint density at radius 3 is 2.80 bits per heavy atom. The lowest BCUT2D eigenvalue weighted by Gasteiger charge is -2.44. The Morgan fingerprint density at radius 1 is 1.35 bits per heavy atom. The Labute approximate surface area is 121 Å². The van der Waals surface area contributed by atoms with Crippen molar-refractivity contribution in [2.45, 2.75) is 58.6 Å². The third-order valence-corrected chi connectivity index (χ3v) is 4.25. The van der Waals surface area contributed by atoms with Gasteiger partial charge in [-0.05, 0) is 49.8 Å². The standard InChI is InChI=1S/C17H26FNO/c1-4-12-19-16-15(10-7-11-17(16,2)3)20-14-9-6-5-8-13(14)18/h5-6,8-9,15-16,19H,4,7,10-12H2,1-3H3. The minimum absolute atomic E-state index is 0.0437. The summed E-state index contributed by atoms with van der Waals surface area (Å²) in [7, 11) is 0. The highest BCUT2D eigenvalue weighted by molar-refractivity contribution is 5.24. The second-order valence-corrected chi connectivity index (χ2v) is 6.40. The topological polar surface area (TPSA) is 21.3 Å². The van der Waals surface area contributed by atoms with E-state index in [0.717, 1.165) is 25.8 Å². The van der Waals surface area contributed by atoms with Gasteiger partial charge in [-0.2, -0.15) is 0 Å². The maximum atomic E-state index is 13.8. The number of ether oxygens (including phenoxy) is 1. The van der Waals surface area contributed by atoms with E-state index in [-0.39, 0.29) is 23.4 Å². The summed E-state index contributed by atoms with van der Waals surface area (Å²) in [5.74, 6) is 0.101. The first kappa shape index (κ1) is 15.3. The van der Waals surface area contributed by atoms with Crippen molar-refractivity contribution in [3.63, 3.8) is 0 Å². The van der Waals surface area contributed by atoms with E-state index >= 15 is 0 Å². The van der Waals surface area contributed by atoms with Gasteiger partial charge in [0.2, 0.25) is 0 Å². The van der Waals surface area contributed by atoms with Crippen molar-refractivity contribution in [2.75, 3.05) is 6.54 Å². The van der Waals surface area contributed by atoms with Crippen molar-refractivity contribution in [3.8, 4) is 5.75 Å². The lowest BCUT2D eigenvalue weighted by atomic mass is 9.71.